The summed E-state index contributed by atoms with van der Waals surface area (Å²) in [5.74, 6) is -0.322. The van der Waals surface area contributed by atoms with Gasteiger partial charge in [-0.3, -0.25) is 0 Å². The van der Waals surface area contributed by atoms with Crippen molar-refractivity contribution in [2.24, 2.45) is 0 Å². The van der Waals surface area contributed by atoms with Crippen LogP contribution in [-0.2, 0) is 9.47 Å². The summed E-state index contributed by atoms with van der Waals surface area (Å²) in [6.45, 7) is 0. The normalized spacial score (nSPS) is 21.5. The van der Waals surface area contributed by atoms with Crippen LogP contribution in [0.5, 0.6) is 0 Å². The van der Waals surface area contributed by atoms with Crippen LogP contribution >= 0.6 is 0 Å². The Morgan fingerprint density at radius 1 is 1.18 bits per heavy atom. The second-order valence-corrected chi connectivity index (χ2v) is 5.30. The fourth-order valence-corrected chi connectivity index (χ4v) is 2.70. The van der Waals surface area contributed by atoms with Crippen molar-refractivity contribution < 1.29 is 14.3 Å². The molecule has 2 unspecified atom stereocenters. The summed E-state index contributed by atoms with van der Waals surface area (Å²) >= 11 is 0. The number of tetrazole rings is 1. The molecule has 1 aromatic carbocycles. The highest BCUT2D eigenvalue weighted by Gasteiger charge is 2.28. The number of ether oxygens (including phenoxy) is 2. The van der Waals surface area contributed by atoms with Crippen LogP contribution in [0.3, 0.4) is 0 Å². The maximum absolute atomic E-state index is 12.2. The molecular weight excluding hydrogens is 284 g/mol. The first kappa shape index (κ1) is 14.6. The number of esters is 1. The van der Waals surface area contributed by atoms with E-state index in [0.29, 0.717) is 5.56 Å². The summed E-state index contributed by atoms with van der Waals surface area (Å²) < 4.78 is 12.5. The Bertz CT molecular complexity index is 612. The molecule has 1 aromatic heterocycles. The van der Waals surface area contributed by atoms with Crippen LogP contribution in [0.1, 0.15) is 36.0 Å². The predicted octanol–water partition coefficient (Wildman–Crippen LogP) is 1.78. The number of nitrogens with zero attached hydrogens (tertiary/aromatic N) is 4. The molecule has 0 saturated heterocycles. The molecule has 7 heteroatoms. The van der Waals surface area contributed by atoms with Gasteiger partial charge in [0.25, 0.3) is 0 Å². The highest BCUT2D eigenvalue weighted by molar-refractivity contribution is 5.89. The van der Waals surface area contributed by atoms with Crippen LogP contribution in [0.15, 0.2) is 30.6 Å². The van der Waals surface area contributed by atoms with E-state index in [0.717, 1.165) is 31.4 Å². The van der Waals surface area contributed by atoms with Gasteiger partial charge in [0.2, 0.25) is 0 Å². The summed E-state index contributed by atoms with van der Waals surface area (Å²) in [6, 6.07) is 6.98. The van der Waals surface area contributed by atoms with Gasteiger partial charge in [-0.2, -0.15) is 0 Å². The van der Waals surface area contributed by atoms with Crippen molar-refractivity contribution in [2.45, 2.75) is 37.9 Å². The molecule has 0 amide bonds. The number of hydrogen-bond donors (Lipinski definition) is 0. The van der Waals surface area contributed by atoms with Gasteiger partial charge in [-0.1, -0.05) is 6.42 Å². The fourth-order valence-electron chi connectivity index (χ4n) is 2.70. The number of hydrogen-bond acceptors (Lipinski definition) is 6. The monoisotopic (exact) mass is 302 g/mol. The topological polar surface area (TPSA) is 79.1 Å². The van der Waals surface area contributed by atoms with Crippen LogP contribution in [0.25, 0.3) is 5.69 Å². The maximum Gasteiger partial charge on any atom is 0.338 e. The molecule has 1 heterocycles. The summed E-state index contributed by atoms with van der Waals surface area (Å²) in [5, 5.41) is 11.0. The number of carbonyl (C=O) groups is 1. The Hall–Kier alpha value is -2.28. The highest BCUT2D eigenvalue weighted by atomic mass is 16.6. The van der Waals surface area contributed by atoms with E-state index in [2.05, 4.69) is 15.5 Å². The zero-order valence-electron chi connectivity index (χ0n) is 12.4. The second kappa shape index (κ2) is 6.65. The van der Waals surface area contributed by atoms with Gasteiger partial charge in [-0.25, -0.2) is 9.48 Å². The second-order valence-electron chi connectivity index (χ2n) is 5.30. The standard InChI is InChI=1S/C15H18N4O3/c1-21-13-4-2-3-5-14(13)22-15(20)11-6-8-12(9-7-11)19-10-16-17-18-19/h6-10,13-14H,2-5H2,1H3. The summed E-state index contributed by atoms with van der Waals surface area (Å²) in [7, 11) is 1.66. The molecule has 1 aliphatic carbocycles. The molecule has 22 heavy (non-hydrogen) atoms. The SMILES string of the molecule is COC1CCCCC1OC(=O)c1ccc(-n2cnnn2)cc1. The Labute approximate surface area is 128 Å². The lowest BCUT2D eigenvalue weighted by Gasteiger charge is -2.29. The van der Waals surface area contributed by atoms with Crippen molar-refractivity contribution in [1.82, 2.24) is 20.2 Å². The molecule has 0 bridgehead atoms. The summed E-state index contributed by atoms with van der Waals surface area (Å²) in [5.41, 5.74) is 1.30. The molecule has 116 valence electrons. The number of aromatic nitrogens is 4. The van der Waals surface area contributed by atoms with Crippen LogP contribution in [0.2, 0.25) is 0 Å². The Morgan fingerprint density at radius 3 is 2.55 bits per heavy atom. The van der Waals surface area contributed by atoms with Crippen molar-refractivity contribution in [3.8, 4) is 5.69 Å². The van der Waals surface area contributed by atoms with Crippen molar-refractivity contribution in [3.05, 3.63) is 36.2 Å². The van der Waals surface area contributed by atoms with Crippen LogP contribution in [-0.4, -0.2) is 45.5 Å². The van der Waals surface area contributed by atoms with Gasteiger partial charge in [0.1, 0.15) is 12.4 Å². The Kier molecular flexibility index (Phi) is 4.43. The molecule has 0 aliphatic heterocycles. The molecule has 0 N–H and O–H groups in total. The first-order chi connectivity index (χ1) is 10.8. The predicted molar refractivity (Wildman–Crippen MR) is 77.6 cm³/mol. The molecule has 2 aromatic rings. The molecule has 1 saturated carbocycles. The van der Waals surface area contributed by atoms with Gasteiger partial charge in [0.15, 0.2) is 0 Å². The fraction of sp³-hybridized carbons (Fsp3) is 0.467. The number of methoxy groups -OCH3 is 1. The quantitative estimate of drug-likeness (QED) is 0.801. The first-order valence-electron chi connectivity index (χ1n) is 7.35. The zero-order valence-corrected chi connectivity index (χ0v) is 12.4. The maximum atomic E-state index is 12.2. The van der Waals surface area contributed by atoms with Gasteiger partial charge in [0, 0.05) is 7.11 Å². The minimum Gasteiger partial charge on any atom is -0.456 e. The van der Waals surface area contributed by atoms with E-state index in [-0.39, 0.29) is 18.2 Å². The Morgan fingerprint density at radius 2 is 1.91 bits per heavy atom. The lowest BCUT2D eigenvalue weighted by molar-refractivity contribution is -0.0539. The largest absolute Gasteiger partial charge is 0.456 e. The van der Waals surface area contributed by atoms with Crippen LogP contribution in [0.4, 0.5) is 0 Å². The lowest BCUT2D eigenvalue weighted by atomic mass is 9.94. The highest BCUT2D eigenvalue weighted by Crippen LogP contribution is 2.24. The van der Waals surface area contributed by atoms with Crippen LogP contribution in [0, 0.1) is 0 Å². The molecule has 0 radical (unpaired) electrons. The molecule has 0 spiro atoms. The molecule has 2 atom stereocenters. The minimum atomic E-state index is -0.322. The van der Waals surface area contributed by atoms with E-state index in [1.54, 1.807) is 31.4 Å². The van der Waals surface area contributed by atoms with E-state index >= 15 is 0 Å². The minimum absolute atomic E-state index is 0.00167. The van der Waals surface area contributed by atoms with Crippen molar-refractivity contribution in [1.29, 1.82) is 0 Å². The summed E-state index contributed by atoms with van der Waals surface area (Å²) in [4.78, 5) is 12.2. The third-order valence-electron chi connectivity index (χ3n) is 3.92. The molecule has 3 rings (SSSR count). The van der Waals surface area contributed by atoms with E-state index in [1.807, 2.05) is 0 Å². The molecular formula is C15H18N4O3. The molecule has 7 nitrogen and oxygen atoms in total. The van der Waals surface area contributed by atoms with Gasteiger partial charge >= 0.3 is 5.97 Å². The van der Waals surface area contributed by atoms with E-state index in [1.165, 1.54) is 11.0 Å². The smallest absolute Gasteiger partial charge is 0.338 e. The van der Waals surface area contributed by atoms with E-state index in [9.17, 15) is 4.79 Å². The number of carbonyl (C=O) groups excluding carboxylic acids is 1. The van der Waals surface area contributed by atoms with Gasteiger partial charge < -0.3 is 9.47 Å². The third-order valence-corrected chi connectivity index (χ3v) is 3.92. The molecule has 1 aliphatic rings. The van der Waals surface area contributed by atoms with Crippen molar-refractivity contribution in [2.75, 3.05) is 7.11 Å². The number of benzene rings is 1. The Balaban J connectivity index is 1.67. The third kappa shape index (κ3) is 3.14. The summed E-state index contributed by atoms with van der Waals surface area (Å²) in [6.07, 6.45) is 5.31. The van der Waals surface area contributed by atoms with Crippen molar-refractivity contribution >= 4 is 5.97 Å². The number of rotatable bonds is 4. The van der Waals surface area contributed by atoms with Gasteiger partial charge in [0.05, 0.1) is 17.4 Å². The van der Waals surface area contributed by atoms with Gasteiger partial charge in [-0.15, -0.1) is 5.10 Å². The zero-order chi connectivity index (χ0) is 15.4. The van der Waals surface area contributed by atoms with Gasteiger partial charge in [-0.05, 0) is 54.0 Å². The molecule has 1 fully saturated rings. The van der Waals surface area contributed by atoms with E-state index in [4.69, 9.17) is 9.47 Å². The average Bonchev–Trinajstić information content (AvgIpc) is 3.10. The first-order valence-corrected chi connectivity index (χ1v) is 7.35. The lowest BCUT2D eigenvalue weighted by Crippen LogP contribution is -2.35. The van der Waals surface area contributed by atoms with Crippen LogP contribution < -0.4 is 0 Å². The van der Waals surface area contributed by atoms with Crippen molar-refractivity contribution in [3.63, 3.8) is 0 Å². The van der Waals surface area contributed by atoms with E-state index < -0.39 is 0 Å². The average molecular weight is 302 g/mol.